The van der Waals surface area contributed by atoms with Crippen molar-refractivity contribution in [2.75, 3.05) is 0 Å². The van der Waals surface area contributed by atoms with Crippen LogP contribution in [-0.4, -0.2) is 9.13 Å². The summed E-state index contributed by atoms with van der Waals surface area (Å²) >= 11 is 0. The molecule has 0 aromatic carbocycles. The number of nitrogens with zero attached hydrogens (tertiary/aromatic N) is 2. The highest BCUT2D eigenvalue weighted by Gasteiger charge is 2.12. The van der Waals surface area contributed by atoms with Gasteiger partial charge in [-0.1, -0.05) is 41.5 Å². The molecule has 0 N–H and O–H groups in total. The van der Waals surface area contributed by atoms with Gasteiger partial charge in [0.1, 0.15) is 0 Å². The lowest BCUT2D eigenvalue weighted by atomic mass is 10.1. The van der Waals surface area contributed by atoms with Crippen LogP contribution in [0.25, 0.3) is 0 Å². The monoisotopic (exact) mass is 362 g/mol. The quantitative estimate of drug-likeness (QED) is 0.514. The first-order valence-electron chi connectivity index (χ1n) is 10.4. The highest BCUT2D eigenvalue weighted by molar-refractivity contribution is 5.24. The molecule has 152 valence electrons. The van der Waals surface area contributed by atoms with Gasteiger partial charge in [-0.05, 0) is 77.6 Å². The van der Waals surface area contributed by atoms with E-state index in [9.17, 15) is 0 Å². The van der Waals surface area contributed by atoms with Crippen LogP contribution in [0, 0.1) is 20.8 Å². The summed E-state index contributed by atoms with van der Waals surface area (Å²) in [5, 5.41) is 0. The zero-order valence-corrected chi connectivity index (χ0v) is 20.0. The largest absolute Gasteiger partial charge is 0.349 e. The van der Waals surface area contributed by atoms with Crippen LogP contribution < -0.4 is 0 Å². The summed E-state index contributed by atoms with van der Waals surface area (Å²) in [4.78, 5) is 0. The molecule has 0 unspecified atom stereocenters. The van der Waals surface area contributed by atoms with Crippen LogP contribution in [0.15, 0.2) is 24.5 Å². The summed E-state index contributed by atoms with van der Waals surface area (Å²) in [6, 6.07) is 4.44. The Balaban J connectivity index is 0. The van der Waals surface area contributed by atoms with Gasteiger partial charge in [0.25, 0.3) is 0 Å². The van der Waals surface area contributed by atoms with Gasteiger partial charge in [-0.25, -0.2) is 0 Å². The molecule has 2 heterocycles. The summed E-state index contributed by atoms with van der Waals surface area (Å²) in [7, 11) is 0. The number of aryl methyl sites for hydroxylation is 2. The first kappa shape index (κ1) is 26.8. The molecule has 2 heteroatoms. The standard InChI is InChI=1S/C11H19N.C9H15N.2C2H6/c1-9(2)10-6-7-12(8-10)11(3,4)5;1-5-10-8(3)6-7(2)9(10)4;2*1-2/h6-9H,1-5H3;6H,5H2,1-4H3;2*1-2H3. The average Bonchev–Trinajstić information content (AvgIpc) is 3.18. The van der Waals surface area contributed by atoms with E-state index in [1.165, 1.54) is 22.5 Å². The maximum Gasteiger partial charge on any atom is 0.0355 e. The molecular formula is C24H46N2. The smallest absolute Gasteiger partial charge is 0.0355 e. The van der Waals surface area contributed by atoms with Crippen molar-refractivity contribution in [3.63, 3.8) is 0 Å². The number of rotatable bonds is 2. The highest BCUT2D eigenvalue weighted by Crippen LogP contribution is 2.20. The molecule has 0 spiro atoms. The molecule has 0 aliphatic rings. The van der Waals surface area contributed by atoms with Crippen molar-refractivity contribution in [2.45, 2.75) is 108 Å². The lowest BCUT2D eigenvalue weighted by Gasteiger charge is -2.21. The SMILES string of the molecule is CC.CC.CC(C)c1ccn(C(C)(C)C)c1.CCn1c(C)cc(C)c1C. The van der Waals surface area contributed by atoms with Crippen LogP contribution >= 0.6 is 0 Å². The van der Waals surface area contributed by atoms with Gasteiger partial charge in [-0.3, -0.25) is 0 Å². The van der Waals surface area contributed by atoms with Crippen LogP contribution in [0.5, 0.6) is 0 Å². The summed E-state index contributed by atoms with van der Waals surface area (Å²) in [5.74, 6) is 0.633. The van der Waals surface area contributed by atoms with Crippen molar-refractivity contribution in [3.8, 4) is 0 Å². The maximum atomic E-state index is 2.33. The lowest BCUT2D eigenvalue weighted by molar-refractivity contribution is 0.397. The van der Waals surface area contributed by atoms with Gasteiger partial charge in [0.05, 0.1) is 0 Å². The van der Waals surface area contributed by atoms with Crippen molar-refractivity contribution in [1.29, 1.82) is 0 Å². The Morgan fingerprint density at radius 3 is 1.65 bits per heavy atom. The fraction of sp³-hybridized carbons (Fsp3) is 0.667. The van der Waals surface area contributed by atoms with Crippen molar-refractivity contribution >= 4 is 0 Å². The van der Waals surface area contributed by atoms with Crippen LogP contribution in [0.2, 0.25) is 0 Å². The molecule has 0 amide bonds. The van der Waals surface area contributed by atoms with E-state index in [4.69, 9.17) is 0 Å². The minimum absolute atomic E-state index is 0.215. The maximum absolute atomic E-state index is 2.33. The Kier molecular flexibility index (Phi) is 13.2. The van der Waals surface area contributed by atoms with Crippen molar-refractivity contribution < 1.29 is 0 Å². The fourth-order valence-corrected chi connectivity index (χ4v) is 2.63. The third-order valence-corrected chi connectivity index (χ3v) is 4.30. The molecule has 2 aromatic heterocycles. The van der Waals surface area contributed by atoms with Crippen LogP contribution in [-0.2, 0) is 12.1 Å². The third-order valence-electron chi connectivity index (χ3n) is 4.30. The molecule has 0 saturated carbocycles. The first-order valence-corrected chi connectivity index (χ1v) is 10.4. The highest BCUT2D eigenvalue weighted by atomic mass is 15.0. The molecular weight excluding hydrogens is 316 g/mol. The number of aromatic nitrogens is 2. The molecule has 0 saturated heterocycles. The van der Waals surface area contributed by atoms with Crippen LogP contribution in [0.1, 0.15) is 97.7 Å². The van der Waals surface area contributed by atoms with Gasteiger partial charge in [0.2, 0.25) is 0 Å². The zero-order chi connectivity index (χ0) is 21.1. The van der Waals surface area contributed by atoms with E-state index in [2.05, 4.69) is 96.0 Å². The average molecular weight is 363 g/mol. The fourth-order valence-electron chi connectivity index (χ4n) is 2.63. The van der Waals surface area contributed by atoms with Crippen LogP contribution in [0.3, 0.4) is 0 Å². The van der Waals surface area contributed by atoms with Crippen molar-refractivity contribution in [2.24, 2.45) is 0 Å². The molecule has 0 aliphatic heterocycles. The van der Waals surface area contributed by atoms with Gasteiger partial charge in [-0.15, -0.1) is 0 Å². The molecule has 2 aromatic rings. The lowest BCUT2D eigenvalue weighted by Crippen LogP contribution is -2.19. The van der Waals surface area contributed by atoms with Crippen molar-refractivity contribution in [3.05, 3.63) is 47.0 Å². The topological polar surface area (TPSA) is 9.86 Å². The van der Waals surface area contributed by atoms with Crippen molar-refractivity contribution in [1.82, 2.24) is 9.13 Å². The second-order valence-corrected chi connectivity index (χ2v) is 7.48. The van der Waals surface area contributed by atoms with E-state index >= 15 is 0 Å². The molecule has 2 rings (SSSR count). The Hall–Kier alpha value is -1.44. The molecule has 0 bridgehead atoms. The van der Waals surface area contributed by atoms with E-state index in [1.54, 1.807) is 0 Å². The predicted octanol–water partition coefficient (Wildman–Crippen LogP) is 7.85. The molecule has 0 aliphatic carbocycles. The summed E-state index contributed by atoms with van der Waals surface area (Å²) in [5.41, 5.74) is 5.81. The Morgan fingerprint density at radius 2 is 1.46 bits per heavy atom. The van der Waals surface area contributed by atoms with Gasteiger partial charge >= 0.3 is 0 Å². The Labute approximate surface area is 164 Å². The second kappa shape index (κ2) is 12.8. The van der Waals surface area contributed by atoms with Gasteiger partial charge < -0.3 is 9.13 Å². The molecule has 0 fully saturated rings. The minimum Gasteiger partial charge on any atom is -0.349 e. The summed E-state index contributed by atoms with van der Waals surface area (Å²) in [6.45, 7) is 28.9. The molecule has 0 atom stereocenters. The number of hydrogen-bond donors (Lipinski definition) is 0. The van der Waals surface area contributed by atoms with E-state index in [1.807, 2.05) is 27.7 Å². The third kappa shape index (κ3) is 8.29. The Morgan fingerprint density at radius 1 is 0.962 bits per heavy atom. The predicted molar refractivity (Wildman–Crippen MR) is 121 cm³/mol. The van der Waals surface area contributed by atoms with Gasteiger partial charge in [0.15, 0.2) is 0 Å². The second-order valence-electron chi connectivity index (χ2n) is 7.48. The van der Waals surface area contributed by atoms with Crippen LogP contribution in [0.4, 0.5) is 0 Å². The van der Waals surface area contributed by atoms with E-state index in [-0.39, 0.29) is 5.54 Å². The normalized spacial score (nSPS) is 10.2. The van der Waals surface area contributed by atoms with E-state index in [0.717, 1.165) is 6.54 Å². The number of hydrogen-bond acceptors (Lipinski definition) is 0. The summed E-state index contributed by atoms with van der Waals surface area (Å²) in [6.07, 6.45) is 4.40. The Bertz CT molecular complexity index is 592. The molecule has 2 nitrogen and oxygen atoms in total. The van der Waals surface area contributed by atoms with Gasteiger partial charge in [0, 0.05) is 35.9 Å². The summed E-state index contributed by atoms with van der Waals surface area (Å²) < 4.78 is 4.59. The van der Waals surface area contributed by atoms with E-state index < -0.39 is 0 Å². The van der Waals surface area contributed by atoms with Gasteiger partial charge in [-0.2, -0.15) is 0 Å². The van der Waals surface area contributed by atoms with E-state index in [0.29, 0.717) is 5.92 Å². The minimum atomic E-state index is 0.215. The molecule has 0 radical (unpaired) electrons. The first-order chi connectivity index (χ1) is 12.1. The molecule has 26 heavy (non-hydrogen) atoms. The zero-order valence-electron chi connectivity index (χ0n) is 20.0.